The number of anilines is 1. The fourth-order valence-corrected chi connectivity index (χ4v) is 2.89. The Labute approximate surface area is 124 Å². The van der Waals surface area contributed by atoms with E-state index in [0.717, 1.165) is 36.3 Å². The number of amides is 2. The summed E-state index contributed by atoms with van der Waals surface area (Å²) in [6, 6.07) is 7.88. The Bertz CT molecular complexity index is 592. The lowest BCUT2D eigenvalue weighted by Crippen LogP contribution is -2.35. The van der Waals surface area contributed by atoms with Gasteiger partial charge in [-0.25, -0.2) is 5.43 Å². The molecule has 110 valence electrons. The second-order valence-electron chi connectivity index (χ2n) is 5.69. The smallest absolute Gasteiger partial charge is 0.240 e. The van der Waals surface area contributed by atoms with E-state index in [1.807, 2.05) is 36.1 Å². The number of hydrogen-bond donors (Lipinski definition) is 1. The molecule has 5 nitrogen and oxygen atoms in total. The van der Waals surface area contributed by atoms with Gasteiger partial charge in [0, 0.05) is 31.0 Å². The highest BCUT2D eigenvalue weighted by atomic mass is 16.2. The molecular weight excluding hydrogens is 266 g/mol. The summed E-state index contributed by atoms with van der Waals surface area (Å²) in [5.41, 5.74) is 5.36. The van der Waals surface area contributed by atoms with Gasteiger partial charge in [-0.1, -0.05) is 19.1 Å². The minimum atomic E-state index is -0.0400. The van der Waals surface area contributed by atoms with Crippen molar-refractivity contribution in [3.05, 3.63) is 29.8 Å². The van der Waals surface area contributed by atoms with E-state index < -0.39 is 0 Å². The van der Waals surface area contributed by atoms with Crippen LogP contribution in [-0.2, 0) is 9.59 Å². The lowest BCUT2D eigenvalue weighted by atomic mass is 9.94. The number of hydrogen-bond acceptors (Lipinski definition) is 3. The Balaban J connectivity index is 1.81. The summed E-state index contributed by atoms with van der Waals surface area (Å²) in [5.74, 6) is 0.271. The molecule has 1 saturated heterocycles. The third kappa shape index (κ3) is 2.82. The van der Waals surface area contributed by atoms with Gasteiger partial charge in [0.1, 0.15) is 0 Å². The van der Waals surface area contributed by atoms with Crippen molar-refractivity contribution in [1.29, 1.82) is 0 Å². The van der Waals surface area contributed by atoms with Gasteiger partial charge in [-0.05, 0) is 30.5 Å². The van der Waals surface area contributed by atoms with Crippen LogP contribution in [0.15, 0.2) is 29.4 Å². The molecule has 1 aromatic carbocycles. The van der Waals surface area contributed by atoms with Crippen LogP contribution in [-0.4, -0.2) is 24.1 Å². The molecule has 2 amide bonds. The largest absolute Gasteiger partial charge is 0.312 e. The van der Waals surface area contributed by atoms with Crippen molar-refractivity contribution in [2.24, 2.45) is 11.0 Å². The van der Waals surface area contributed by atoms with E-state index in [2.05, 4.69) is 10.5 Å². The first kappa shape index (κ1) is 13.8. The molecule has 1 fully saturated rings. The van der Waals surface area contributed by atoms with Gasteiger partial charge < -0.3 is 4.90 Å². The standard InChI is InChI=1S/C16H19N3O2/c1-11-10-14(20)17-18-16(11)12-5-7-13(8-6-12)19-9-3-2-4-15(19)21/h5-8,11H,2-4,9-10H2,1H3,(H,17,20)/t11-/m1/s1. The minimum absolute atomic E-state index is 0.0400. The third-order valence-electron chi connectivity index (χ3n) is 4.06. The van der Waals surface area contributed by atoms with Gasteiger partial charge >= 0.3 is 0 Å². The average molecular weight is 285 g/mol. The quantitative estimate of drug-likeness (QED) is 0.904. The van der Waals surface area contributed by atoms with Gasteiger partial charge in [-0.15, -0.1) is 0 Å². The molecule has 0 radical (unpaired) electrons. The van der Waals surface area contributed by atoms with Gasteiger partial charge in [0.25, 0.3) is 0 Å². The molecule has 2 aliphatic heterocycles. The molecule has 0 aromatic heterocycles. The normalized spacial score (nSPS) is 22.8. The summed E-state index contributed by atoms with van der Waals surface area (Å²) in [7, 11) is 0. The van der Waals surface area contributed by atoms with Crippen molar-refractivity contribution in [2.45, 2.75) is 32.6 Å². The van der Waals surface area contributed by atoms with E-state index in [9.17, 15) is 9.59 Å². The summed E-state index contributed by atoms with van der Waals surface area (Å²) in [4.78, 5) is 25.1. The van der Waals surface area contributed by atoms with Crippen molar-refractivity contribution in [3.63, 3.8) is 0 Å². The topological polar surface area (TPSA) is 61.8 Å². The fourth-order valence-electron chi connectivity index (χ4n) is 2.89. The Hall–Kier alpha value is -2.17. The molecule has 3 rings (SSSR count). The number of benzene rings is 1. The Kier molecular flexibility index (Phi) is 3.73. The number of carbonyl (C=O) groups excluding carboxylic acids is 2. The summed E-state index contributed by atoms with van der Waals surface area (Å²) in [6.07, 6.45) is 3.15. The van der Waals surface area contributed by atoms with Gasteiger partial charge in [0.2, 0.25) is 11.8 Å². The molecular formula is C16H19N3O2. The number of nitrogens with zero attached hydrogens (tertiary/aromatic N) is 2. The first-order valence-electron chi connectivity index (χ1n) is 7.42. The molecule has 2 aliphatic rings. The Morgan fingerprint density at radius 1 is 1.19 bits per heavy atom. The van der Waals surface area contributed by atoms with E-state index >= 15 is 0 Å². The minimum Gasteiger partial charge on any atom is -0.312 e. The van der Waals surface area contributed by atoms with Crippen LogP contribution in [0.3, 0.4) is 0 Å². The number of piperidine rings is 1. The highest BCUT2D eigenvalue weighted by Crippen LogP contribution is 2.23. The molecule has 21 heavy (non-hydrogen) atoms. The number of nitrogens with one attached hydrogen (secondary N) is 1. The molecule has 0 aliphatic carbocycles. The van der Waals surface area contributed by atoms with Crippen LogP contribution in [0.5, 0.6) is 0 Å². The molecule has 0 bridgehead atoms. The van der Waals surface area contributed by atoms with Crippen LogP contribution in [0.1, 0.15) is 38.2 Å². The van der Waals surface area contributed by atoms with Crippen LogP contribution >= 0.6 is 0 Å². The van der Waals surface area contributed by atoms with Crippen molar-refractivity contribution < 1.29 is 9.59 Å². The Morgan fingerprint density at radius 2 is 1.95 bits per heavy atom. The zero-order valence-corrected chi connectivity index (χ0v) is 12.1. The predicted octanol–water partition coefficient (Wildman–Crippen LogP) is 2.06. The highest BCUT2D eigenvalue weighted by Gasteiger charge is 2.23. The summed E-state index contributed by atoms with van der Waals surface area (Å²) in [6.45, 7) is 2.80. The zero-order valence-electron chi connectivity index (χ0n) is 12.1. The van der Waals surface area contributed by atoms with Gasteiger partial charge in [-0.2, -0.15) is 5.10 Å². The van der Waals surface area contributed by atoms with Crippen molar-refractivity contribution in [1.82, 2.24) is 5.43 Å². The second-order valence-corrected chi connectivity index (χ2v) is 5.69. The molecule has 0 unspecified atom stereocenters. The number of carbonyl (C=O) groups is 2. The lowest BCUT2D eigenvalue weighted by Gasteiger charge is -2.27. The summed E-state index contributed by atoms with van der Waals surface area (Å²) >= 11 is 0. The maximum Gasteiger partial charge on any atom is 0.240 e. The third-order valence-corrected chi connectivity index (χ3v) is 4.06. The summed E-state index contributed by atoms with van der Waals surface area (Å²) in [5, 5.41) is 4.16. The van der Waals surface area contributed by atoms with E-state index in [1.165, 1.54) is 0 Å². The van der Waals surface area contributed by atoms with Crippen LogP contribution in [0.25, 0.3) is 0 Å². The molecule has 0 saturated carbocycles. The zero-order chi connectivity index (χ0) is 14.8. The second kappa shape index (κ2) is 5.68. The van der Waals surface area contributed by atoms with Crippen LogP contribution < -0.4 is 10.3 Å². The van der Waals surface area contributed by atoms with E-state index in [-0.39, 0.29) is 17.7 Å². The molecule has 1 aromatic rings. The summed E-state index contributed by atoms with van der Waals surface area (Å²) < 4.78 is 0. The van der Waals surface area contributed by atoms with Crippen LogP contribution in [0.2, 0.25) is 0 Å². The van der Waals surface area contributed by atoms with Crippen molar-refractivity contribution >= 4 is 23.2 Å². The molecule has 0 spiro atoms. The van der Waals surface area contributed by atoms with E-state index in [0.29, 0.717) is 12.8 Å². The molecule has 2 heterocycles. The first-order valence-corrected chi connectivity index (χ1v) is 7.42. The van der Waals surface area contributed by atoms with Gasteiger partial charge in [0.15, 0.2) is 0 Å². The van der Waals surface area contributed by atoms with Gasteiger partial charge in [-0.3, -0.25) is 9.59 Å². The van der Waals surface area contributed by atoms with Crippen LogP contribution in [0.4, 0.5) is 5.69 Å². The maximum atomic E-state index is 11.9. The van der Waals surface area contributed by atoms with Gasteiger partial charge in [0.05, 0.1) is 5.71 Å². The average Bonchev–Trinajstić information content (AvgIpc) is 2.48. The molecule has 1 N–H and O–H groups in total. The first-order chi connectivity index (χ1) is 10.1. The lowest BCUT2D eigenvalue weighted by molar-refractivity contribution is -0.122. The van der Waals surface area contributed by atoms with Crippen molar-refractivity contribution in [2.75, 3.05) is 11.4 Å². The molecule has 5 heteroatoms. The number of rotatable bonds is 2. The fraction of sp³-hybridized carbons (Fsp3) is 0.438. The van der Waals surface area contributed by atoms with Crippen LogP contribution in [0, 0.1) is 5.92 Å². The predicted molar refractivity (Wildman–Crippen MR) is 81.1 cm³/mol. The highest BCUT2D eigenvalue weighted by molar-refractivity contribution is 6.06. The number of hydrazone groups is 1. The van der Waals surface area contributed by atoms with Crippen molar-refractivity contribution in [3.8, 4) is 0 Å². The van der Waals surface area contributed by atoms with E-state index in [4.69, 9.17) is 0 Å². The SMILES string of the molecule is C[C@@H]1CC(=O)NN=C1c1ccc(N2CCCCC2=O)cc1. The molecule has 1 atom stereocenters. The maximum absolute atomic E-state index is 11.9. The Morgan fingerprint density at radius 3 is 2.62 bits per heavy atom. The van der Waals surface area contributed by atoms with E-state index in [1.54, 1.807) is 0 Å². The monoisotopic (exact) mass is 285 g/mol.